The summed E-state index contributed by atoms with van der Waals surface area (Å²) >= 11 is 5.73. The highest BCUT2D eigenvalue weighted by Crippen LogP contribution is 2.19. The third kappa shape index (κ3) is 2.58. The Hall–Kier alpha value is -1.87. The van der Waals surface area contributed by atoms with Crippen molar-refractivity contribution in [3.05, 3.63) is 64.8 Å². The van der Waals surface area contributed by atoms with Gasteiger partial charge < -0.3 is 5.21 Å². The van der Waals surface area contributed by atoms with E-state index in [9.17, 15) is 5.21 Å². The second kappa shape index (κ2) is 4.77. The van der Waals surface area contributed by atoms with Gasteiger partial charge in [-0.25, -0.2) is 0 Å². The number of benzene rings is 2. The molecule has 0 atom stereocenters. The average molecular weight is 233 g/mol. The van der Waals surface area contributed by atoms with Crippen molar-refractivity contribution in [3.8, 4) is 0 Å². The van der Waals surface area contributed by atoms with E-state index in [-0.39, 0.29) is 0 Å². The Balaban J connectivity index is 2.28. The minimum absolute atomic E-state index is 0.498. The zero-order valence-electron chi connectivity index (χ0n) is 8.38. The van der Waals surface area contributed by atoms with Gasteiger partial charge in [-0.1, -0.05) is 34.7 Å². The second-order valence-electron chi connectivity index (χ2n) is 3.18. The fraction of sp³-hybridized carbons (Fsp3) is 0. The van der Waals surface area contributed by atoms with Crippen LogP contribution in [0, 0.1) is 5.21 Å². The first kappa shape index (κ1) is 10.6. The van der Waals surface area contributed by atoms with Crippen molar-refractivity contribution in [1.29, 1.82) is 0 Å². The van der Waals surface area contributed by atoms with Crippen molar-refractivity contribution in [1.82, 2.24) is 0 Å². The summed E-state index contributed by atoms with van der Waals surface area (Å²) < 4.78 is 0. The monoisotopic (exact) mass is 232 g/mol. The van der Waals surface area contributed by atoms with Gasteiger partial charge in [-0.05, 0) is 24.3 Å². The number of halogens is 1. The van der Waals surface area contributed by atoms with Gasteiger partial charge in [0.25, 0.3) is 0 Å². The largest absolute Gasteiger partial charge is 0.594 e. The molecule has 2 aromatic rings. The minimum atomic E-state index is 0.498. The van der Waals surface area contributed by atoms with Gasteiger partial charge in [0, 0.05) is 22.3 Å². The number of para-hydroxylation sites is 1. The summed E-state index contributed by atoms with van der Waals surface area (Å²) in [6.07, 6.45) is 0. The van der Waals surface area contributed by atoms with Crippen LogP contribution in [0.15, 0.2) is 59.7 Å². The first-order chi connectivity index (χ1) is 7.75. The highest BCUT2D eigenvalue weighted by atomic mass is 35.5. The predicted molar refractivity (Wildman–Crippen MR) is 63.3 cm³/mol. The molecule has 0 aliphatic rings. The number of nitrogens with zero attached hydrogens (tertiary/aromatic N) is 2. The zero-order valence-corrected chi connectivity index (χ0v) is 9.13. The van der Waals surface area contributed by atoms with Crippen LogP contribution in [0.3, 0.4) is 0 Å². The topological polar surface area (TPSA) is 38.4 Å². The summed E-state index contributed by atoms with van der Waals surface area (Å²) in [4.78, 5) is 0.587. The summed E-state index contributed by atoms with van der Waals surface area (Å²) in [6.45, 7) is 0. The van der Waals surface area contributed by atoms with Crippen molar-refractivity contribution in [2.24, 2.45) is 5.11 Å². The third-order valence-corrected chi connectivity index (χ3v) is 2.26. The molecule has 0 aliphatic carbocycles. The molecule has 0 spiro atoms. The Bertz CT molecular complexity index is 494. The lowest BCUT2D eigenvalue weighted by atomic mass is 10.3. The van der Waals surface area contributed by atoms with Gasteiger partial charge >= 0.3 is 0 Å². The van der Waals surface area contributed by atoms with E-state index < -0.39 is 0 Å². The Morgan fingerprint density at radius 1 is 0.938 bits per heavy atom. The van der Waals surface area contributed by atoms with Crippen LogP contribution in [0.1, 0.15) is 0 Å². The van der Waals surface area contributed by atoms with E-state index in [1.54, 1.807) is 48.5 Å². The SMILES string of the molecule is [O-][N+](=Nc1ccc(Cl)cc1)c1ccccc1. The molecule has 0 aliphatic heterocycles. The van der Waals surface area contributed by atoms with Gasteiger partial charge in [-0.15, -0.1) is 0 Å². The van der Waals surface area contributed by atoms with E-state index in [4.69, 9.17) is 11.6 Å². The van der Waals surface area contributed by atoms with Gasteiger partial charge in [0.1, 0.15) is 5.69 Å². The van der Waals surface area contributed by atoms with E-state index in [0.717, 1.165) is 0 Å². The molecule has 0 amide bonds. The lowest BCUT2D eigenvalue weighted by Gasteiger charge is -1.98. The number of rotatable bonds is 2. The maximum Gasteiger partial charge on any atom is 0.244 e. The van der Waals surface area contributed by atoms with E-state index >= 15 is 0 Å². The maximum atomic E-state index is 11.6. The van der Waals surface area contributed by atoms with E-state index in [0.29, 0.717) is 21.3 Å². The lowest BCUT2D eigenvalue weighted by Crippen LogP contribution is -1.89. The van der Waals surface area contributed by atoms with Gasteiger partial charge in [0.15, 0.2) is 0 Å². The van der Waals surface area contributed by atoms with Gasteiger partial charge in [-0.3, -0.25) is 0 Å². The van der Waals surface area contributed by atoms with Gasteiger partial charge in [0.05, 0.1) is 0 Å². The molecule has 80 valence electrons. The molecule has 3 nitrogen and oxygen atoms in total. The van der Waals surface area contributed by atoms with Crippen LogP contribution >= 0.6 is 11.6 Å². The lowest BCUT2D eigenvalue weighted by molar-refractivity contribution is -0.435. The van der Waals surface area contributed by atoms with Crippen LogP contribution in [0.25, 0.3) is 0 Å². The molecule has 0 bridgehead atoms. The van der Waals surface area contributed by atoms with Crippen LogP contribution < -0.4 is 0 Å². The highest BCUT2D eigenvalue weighted by molar-refractivity contribution is 6.30. The Labute approximate surface area is 98.2 Å². The van der Waals surface area contributed by atoms with Crippen molar-refractivity contribution < 1.29 is 4.86 Å². The molecule has 0 saturated heterocycles. The Morgan fingerprint density at radius 2 is 1.56 bits per heavy atom. The second-order valence-corrected chi connectivity index (χ2v) is 3.62. The molecular formula is C12H9ClN2O. The number of hydrogen-bond donors (Lipinski definition) is 0. The fourth-order valence-corrected chi connectivity index (χ4v) is 1.35. The molecule has 0 unspecified atom stereocenters. The molecule has 0 saturated carbocycles. The van der Waals surface area contributed by atoms with E-state index in [1.165, 1.54) is 0 Å². The molecule has 4 heteroatoms. The number of azo groups is 1. The molecule has 0 N–H and O–H groups in total. The van der Waals surface area contributed by atoms with Crippen molar-refractivity contribution >= 4 is 23.0 Å². The summed E-state index contributed by atoms with van der Waals surface area (Å²) in [6, 6.07) is 15.6. The van der Waals surface area contributed by atoms with Crippen molar-refractivity contribution in [2.45, 2.75) is 0 Å². The predicted octanol–water partition coefficient (Wildman–Crippen LogP) is 4.27. The third-order valence-electron chi connectivity index (χ3n) is 2.01. The summed E-state index contributed by atoms with van der Waals surface area (Å²) in [7, 11) is 0. The summed E-state index contributed by atoms with van der Waals surface area (Å²) in [5, 5.41) is 16.1. The minimum Gasteiger partial charge on any atom is -0.594 e. The standard InChI is InChI=1S/C12H9ClN2O/c13-10-6-8-11(9-7-10)14-15(16)12-4-2-1-3-5-12/h1-9H. The van der Waals surface area contributed by atoms with E-state index in [1.807, 2.05) is 6.07 Å². The molecule has 16 heavy (non-hydrogen) atoms. The zero-order chi connectivity index (χ0) is 11.4. The van der Waals surface area contributed by atoms with Gasteiger partial charge in [-0.2, -0.15) is 0 Å². The summed E-state index contributed by atoms with van der Waals surface area (Å²) in [5.74, 6) is 0. The first-order valence-corrected chi connectivity index (χ1v) is 5.13. The van der Waals surface area contributed by atoms with E-state index in [2.05, 4.69) is 5.11 Å². The average Bonchev–Trinajstić information content (AvgIpc) is 2.33. The quantitative estimate of drug-likeness (QED) is 0.433. The molecule has 0 radical (unpaired) electrons. The van der Waals surface area contributed by atoms with Crippen LogP contribution in [0.4, 0.5) is 11.4 Å². The maximum absolute atomic E-state index is 11.6. The molecule has 0 fully saturated rings. The van der Waals surface area contributed by atoms with Crippen LogP contribution in [-0.2, 0) is 0 Å². The molecular weight excluding hydrogens is 224 g/mol. The fourth-order valence-electron chi connectivity index (χ4n) is 1.23. The van der Waals surface area contributed by atoms with Crippen LogP contribution in [0.5, 0.6) is 0 Å². The van der Waals surface area contributed by atoms with Gasteiger partial charge in [0.2, 0.25) is 5.69 Å². The molecule has 0 aromatic heterocycles. The highest BCUT2D eigenvalue weighted by Gasteiger charge is 2.01. The first-order valence-electron chi connectivity index (χ1n) is 4.75. The van der Waals surface area contributed by atoms with Crippen LogP contribution in [0.2, 0.25) is 5.02 Å². The Kier molecular flexibility index (Phi) is 3.17. The molecule has 2 aromatic carbocycles. The van der Waals surface area contributed by atoms with Crippen molar-refractivity contribution in [2.75, 3.05) is 0 Å². The smallest absolute Gasteiger partial charge is 0.244 e. The number of hydrogen-bond acceptors (Lipinski definition) is 2. The van der Waals surface area contributed by atoms with Crippen LogP contribution in [-0.4, -0.2) is 4.86 Å². The Morgan fingerprint density at radius 3 is 2.19 bits per heavy atom. The summed E-state index contributed by atoms with van der Waals surface area (Å²) in [5.41, 5.74) is 1.07. The molecule has 2 rings (SSSR count). The van der Waals surface area contributed by atoms with Crippen molar-refractivity contribution in [3.63, 3.8) is 0 Å². The normalized spacial score (nSPS) is 11.4. The molecule has 0 heterocycles.